The highest BCUT2D eigenvalue weighted by Crippen LogP contribution is 2.32. The Morgan fingerprint density at radius 3 is 2.94 bits per heavy atom. The number of pyridine rings is 1. The van der Waals surface area contributed by atoms with Crippen molar-refractivity contribution in [1.29, 1.82) is 0 Å². The smallest absolute Gasteiger partial charge is 0.137 e. The molecule has 0 saturated heterocycles. The molecule has 0 saturated carbocycles. The van der Waals surface area contributed by atoms with Gasteiger partial charge in [0.15, 0.2) is 0 Å². The molecule has 0 amide bonds. The maximum Gasteiger partial charge on any atom is 0.137 e. The Labute approximate surface area is 108 Å². The molecule has 1 aliphatic carbocycles. The molecule has 2 N–H and O–H groups in total. The Bertz CT molecular complexity index is 583. The molecule has 0 radical (unpaired) electrons. The number of nitrogens with two attached hydrogens (primary N) is 1. The van der Waals surface area contributed by atoms with Gasteiger partial charge in [-0.3, -0.25) is 0 Å². The maximum atomic E-state index is 6.20. The van der Waals surface area contributed by atoms with Crippen LogP contribution in [0.15, 0.2) is 24.3 Å². The van der Waals surface area contributed by atoms with Gasteiger partial charge in [-0.1, -0.05) is 6.07 Å². The minimum Gasteiger partial charge on any atom is -0.324 e. The fourth-order valence-electron chi connectivity index (χ4n) is 2.91. The molecule has 2 aromatic heterocycles. The minimum absolute atomic E-state index is 0.193. The van der Waals surface area contributed by atoms with E-state index >= 15 is 0 Å². The summed E-state index contributed by atoms with van der Waals surface area (Å²) in [6.07, 6.45) is 3.37. The van der Waals surface area contributed by atoms with Crippen molar-refractivity contribution in [1.82, 2.24) is 9.55 Å². The van der Waals surface area contributed by atoms with Crippen LogP contribution in [0.2, 0.25) is 0 Å². The molecule has 18 heavy (non-hydrogen) atoms. The van der Waals surface area contributed by atoms with Crippen molar-refractivity contribution in [2.75, 3.05) is 0 Å². The first-order valence-electron chi connectivity index (χ1n) is 6.57. The molecular weight excluding hydrogens is 222 g/mol. The lowest BCUT2D eigenvalue weighted by Gasteiger charge is -2.21. The quantitative estimate of drug-likeness (QED) is 0.834. The molecule has 1 aliphatic rings. The van der Waals surface area contributed by atoms with Crippen LogP contribution in [0, 0.1) is 13.8 Å². The Morgan fingerprint density at radius 1 is 1.33 bits per heavy atom. The fraction of sp³-hybridized carbons (Fsp3) is 0.400. The van der Waals surface area contributed by atoms with Crippen LogP contribution < -0.4 is 5.73 Å². The van der Waals surface area contributed by atoms with E-state index in [0.717, 1.165) is 24.4 Å². The third kappa shape index (κ3) is 1.75. The van der Waals surface area contributed by atoms with Crippen LogP contribution in [0.5, 0.6) is 0 Å². The molecule has 0 aliphatic heterocycles. The standard InChI is InChI=1S/C15H19N3/c1-10-5-3-8-15(17-10)18-11(2)9-12-13(16)6-4-7-14(12)18/h3,5,8-9,13H,4,6-7,16H2,1-2H3. The van der Waals surface area contributed by atoms with Gasteiger partial charge in [-0.05, 0) is 56.9 Å². The van der Waals surface area contributed by atoms with Crippen LogP contribution in [-0.4, -0.2) is 9.55 Å². The summed E-state index contributed by atoms with van der Waals surface area (Å²) in [4.78, 5) is 4.63. The van der Waals surface area contributed by atoms with Gasteiger partial charge < -0.3 is 10.3 Å². The lowest BCUT2D eigenvalue weighted by atomic mass is 9.93. The van der Waals surface area contributed by atoms with Crippen molar-refractivity contribution in [2.45, 2.75) is 39.2 Å². The number of fused-ring (bicyclic) bond motifs is 1. The molecule has 3 heteroatoms. The predicted molar refractivity (Wildman–Crippen MR) is 72.9 cm³/mol. The zero-order valence-electron chi connectivity index (χ0n) is 11.0. The monoisotopic (exact) mass is 241 g/mol. The Morgan fingerprint density at radius 2 is 2.17 bits per heavy atom. The number of hydrogen-bond acceptors (Lipinski definition) is 2. The Balaban J connectivity index is 2.18. The van der Waals surface area contributed by atoms with E-state index in [1.807, 2.05) is 13.0 Å². The van der Waals surface area contributed by atoms with E-state index in [9.17, 15) is 0 Å². The Hall–Kier alpha value is -1.61. The highest BCUT2D eigenvalue weighted by Gasteiger charge is 2.23. The topological polar surface area (TPSA) is 43.8 Å². The average Bonchev–Trinajstić information content (AvgIpc) is 2.67. The second kappa shape index (κ2) is 4.25. The van der Waals surface area contributed by atoms with E-state index in [2.05, 4.69) is 34.7 Å². The summed E-state index contributed by atoms with van der Waals surface area (Å²) in [6, 6.07) is 8.58. The van der Waals surface area contributed by atoms with Crippen LogP contribution in [0.25, 0.3) is 5.82 Å². The summed E-state index contributed by atoms with van der Waals surface area (Å²) in [7, 11) is 0. The van der Waals surface area contributed by atoms with E-state index < -0.39 is 0 Å². The summed E-state index contributed by atoms with van der Waals surface area (Å²) >= 11 is 0. The second-order valence-electron chi connectivity index (χ2n) is 5.16. The van der Waals surface area contributed by atoms with Crippen molar-refractivity contribution >= 4 is 0 Å². The highest BCUT2D eigenvalue weighted by molar-refractivity contribution is 5.40. The number of rotatable bonds is 1. The Kier molecular flexibility index (Phi) is 2.71. The van der Waals surface area contributed by atoms with Gasteiger partial charge in [0.2, 0.25) is 0 Å². The maximum absolute atomic E-state index is 6.20. The summed E-state index contributed by atoms with van der Waals surface area (Å²) in [5.41, 5.74) is 11.1. The van der Waals surface area contributed by atoms with E-state index in [-0.39, 0.29) is 6.04 Å². The van der Waals surface area contributed by atoms with Crippen molar-refractivity contribution < 1.29 is 0 Å². The molecule has 1 atom stereocenters. The lowest BCUT2D eigenvalue weighted by molar-refractivity contribution is 0.559. The molecule has 0 spiro atoms. The van der Waals surface area contributed by atoms with Crippen molar-refractivity contribution in [3.8, 4) is 5.82 Å². The van der Waals surface area contributed by atoms with Crippen molar-refractivity contribution in [3.63, 3.8) is 0 Å². The molecular formula is C15H19N3. The van der Waals surface area contributed by atoms with Crippen LogP contribution >= 0.6 is 0 Å². The molecule has 2 heterocycles. The van der Waals surface area contributed by atoms with Gasteiger partial charge in [-0.2, -0.15) is 0 Å². The van der Waals surface area contributed by atoms with E-state index in [1.54, 1.807) is 0 Å². The third-order valence-electron chi connectivity index (χ3n) is 3.75. The van der Waals surface area contributed by atoms with Crippen LogP contribution in [-0.2, 0) is 6.42 Å². The highest BCUT2D eigenvalue weighted by atomic mass is 15.1. The molecule has 2 aromatic rings. The molecule has 1 unspecified atom stereocenters. The summed E-state index contributed by atoms with van der Waals surface area (Å²) < 4.78 is 2.27. The van der Waals surface area contributed by atoms with Gasteiger partial charge in [0.25, 0.3) is 0 Å². The lowest BCUT2D eigenvalue weighted by Crippen LogP contribution is -2.18. The van der Waals surface area contributed by atoms with Crippen LogP contribution in [0.3, 0.4) is 0 Å². The van der Waals surface area contributed by atoms with Crippen LogP contribution in [0.1, 0.15) is 41.5 Å². The van der Waals surface area contributed by atoms with Gasteiger partial charge in [-0.25, -0.2) is 4.98 Å². The first kappa shape index (κ1) is 11.5. The van der Waals surface area contributed by atoms with E-state index in [0.29, 0.717) is 0 Å². The molecule has 0 aromatic carbocycles. The van der Waals surface area contributed by atoms with Crippen LogP contribution in [0.4, 0.5) is 0 Å². The van der Waals surface area contributed by atoms with Gasteiger partial charge in [0.1, 0.15) is 5.82 Å². The van der Waals surface area contributed by atoms with Crippen molar-refractivity contribution in [2.24, 2.45) is 5.73 Å². The summed E-state index contributed by atoms with van der Waals surface area (Å²) in [5, 5.41) is 0. The molecule has 3 nitrogen and oxygen atoms in total. The predicted octanol–water partition coefficient (Wildman–Crippen LogP) is 2.83. The second-order valence-corrected chi connectivity index (χ2v) is 5.16. The van der Waals surface area contributed by atoms with Gasteiger partial charge in [0.05, 0.1) is 0 Å². The molecule has 94 valence electrons. The first-order chi connectivity index (χ1) is 8.66. The molecule has 3 rings (SSSR count). The van der Waals surface area contributed by atoms with Gasteiger partial charge >= 0.3 is 0 Å². The summed E-state index contributed by atoms with van der Waals surface area (Å²) in [6.45, 7) is 4.16. The fourth-order valence-corrected chi connectivity index (χ4v) is 2.91. The zero-order valence-corrected chi connectivity index (χ0v) is 11.0. The summed E-state index contributed by atoms with van der Waals surface area (Å²) in [5.74, 6) is 1.02. The zero-order chi connectivity index (χ0) is 12.7. The largest absolute Gasteiger partial charge is 0.324 e. The molecule has 0 bridgehead atoms. The van der Waals surface area contributed by atoms with Crippen molar-refractivity contribution in [3.05, 3.63) is 46.9 Å². The van der Waals surface area contributed by atoms with Gasteiger partial charge in [-0.15, -0.1) is 0 Å². The van der Waals surface area contributed by atoms with E-state index in [4.69, 9.17) is 5.73 Å². The molecule has 0 fully saturated rings. The number of nitrogens with zero attached hydrogens (tertiary/aromatic N) is 2. The SMILES string of the molecule is Cc1cccc(-n2c(C)cc3c2CCCC3N)n1. The first-order valence-corrected chi connectivity index (χ1v) is 6.57. The third-order valence-corrected chi connectivity index (χ3v) is 3.75. The van der Waals surface area contributed by atoms with E-state index in [1.165, 1.54) is 23.4 Å². The number of hydrogen-bond donors (Lipinski definition) is 1. The normalized spacial score (nSPS) is 18.7. The minimum atomic E-state index is 0.193. The average molecular weight is 241 g/mol. The van der Waals surface area contributed by atoms with Gasteiger partial charge in [0, 0.05) is 23.1 Å². The number of aromatic nitrogens is 2. The number of aryl methyl sites for hydroxylation is 2.